The molecule has 0 radical (unpaired) electrons. The molecule has 0 atom stereocenters. The Bertz CT molecular complexity index is 455. The fourth-order valence-corrected chi connectivity index (χ4v) is 18.9. The van der Waals surface area contributed by atoms with Crippen molar-refractivity contribution in [2.45, 2.75) is 13.1 Å². The monoisotopic (exact) mass is 368 g/mol. The van der Waals surface area contributed by atoms with Gasteiger partial charge in [-0.2, -0.15) is 0 Å². The van der Waals surface area contributed by atoms with Gasteiger partial charge >= 0.3 is 34.2 Å². The van der Waals surface area contributed by atoms with E-state index < -0.39 is 34.2 Å². The van der Waals surface area contributed by atoms with Gasteiger partial charge in [-0.25, -0.2) is 0 Å². The van der Waals surface area contributed by atoms with Crippen molar-refractivity contribution < 1.29 is 16.5 Å². The first-order valence-electron chi connectivity index (χ1n) is 6.81. The van der Waals surface area contributed by atoms with Crippen molar-refractivity contribution in [3.63, 3.8) is 0 Å². The fourth-order valence-electron chi connectivity index (χ4n) is 2.10. The van der Waals surface area contributed by atoms with E-state index in [1.165, 1.54) is 0 Å². The third-order valence-corrected chi connectivity index (χ3v) is 18.2. The molecule has 1 rings (SSSR count). The average Bonchev–Trinajstić information content (AvgIpc) is 2.50. The van der Waals surface area contributed by atoms with Crippen LogP contribution in [0.5, 0.6) is 0 Å². The van der Waals surface area contributed by atoms with E-state index in [2.05, 4.69) is 39.5 Å². The van der Waals surface area contributed by atoms with E-state index in [1.807, 2.05) is 13.1 Å². The predicted octanol–water partition coefficient (Wildman–Crippen LogP) is 3.45. The summed E-state index contributed by atoms with van der Waals surface area (Å²) in [5.74, 6) is 0. The molecule has 1 aliphatic heterocycles. The van der Waals surface area contributed by atoms with Gasteiger partial charge in [0.1, 0.15) is 0 Å². The Morgan fingerprint density at radius 1 is 0.500 bits per heavy atom. The highest BCUT2D eigenvalue weighted by atomic mass is 28.5. The first-order chi connectivity index (χ1) is 10.2. The lowest BCUT2D eigenvalue weighted by Gasteiger charge is -2.46. The molecule has 8 heteroatoms. The number of hydrogen-bond acceptors (Lipinski definition) is 4. The summed E-state index contributed by atoms with van der Waals surface area (Å²) in [6, 6.07) is 0. The van der Waals surface area contributed by atoms with Crippen molar-refractivity contribution in [1.82, 2.24) is 0 Å². The molecule has 1 fully saturated rings. The van der Waals surface area contributed by atoms with Crippen molar-refractivity contribution >= 4 is 34.2 Å². The summed E-state index contributed by atoms with van der Waals surface area (Å²) in [5, 5.41) is 0. The lowest BCUT2D eigenvalue weighted by molar-refractivity contribution is 0.256. The second-order valence-electron chi connectivity index (χ2n) is 5.20. The van der Waals surface area contributed by atoms with Crippen molar-refractivity contribution in [2.75, 3.05) is 0 Å². The van der Waals surface area contributed by atoms with Crippen LogP contribution in [-0.2, 0) is 16.5 Å². The molecule has 0 bridgehead atoms. The Labute approximate surface area is 137 Å². The van der Waals surface area contributed by atoms with E-state index in [0.29, 0.717) is 0 Å². The van der Waals surface area contributed by atoms with E-state index in [9.17, 15) is 0 Å². The van der Waals surface area contributed by atoms with Crippen LogP contribution < -0.4 is 0 Å². The molecule has 1 saturated heterocycles. The summed E-state index contributed by atoms with van der Waals surface area (Å²) >= 11 is 0. The highest BCUT2D eigenvalue weighted by Gasteiger charge is 2.55. The molecule has 0 saturated carbocycles. The third-order valence-electron chi connectivity index (χ3n) is 3.16. The van der Waals surface area contributed by atoms with Crippen LogP contribution in [0.2, 0.25) is 13.1 Å². The molecular formula is C14H24O4Si4. The largest absolute Gasteiger partial charge is 0.410 e. The van der Waals surface area contributed by atoms with Gasteiger partial charge in [0.15, 0.2) is 0 Å². The van der Waals surface area contributed by atoms with Gasteiger partial charge in [-0.3, -0.25) is 0 Å². The number of rotatable bonds is 6. The van der Waals surface area contributed by atoms with E-state index >= 15 is 0 Å². The van der Waals surface area contributed by atoms with E-state index in [0.717, 1.165) is 0 Å². The summed E-state index contributed by atoms with van der Waals surface area (Å²) in [6.07, 6.45) is 0. The minimum atomic E-state index is -2.99. The summed E-state index contributed by atoms with van der Waals surface area (Å²) in [6.45, 7) is 27.0. The van der Waals surface area contributed by atoms with Crippen molar-refractivity contribution in [1.29, 1.82) is 0 Å². The van der Waals surface area contributed by atoms with Crippen molar-refractivity contribution in [3.8, 4) is 0 Å². The second kappa shape index (κ2) is 6.72. The highest BCUT2D eigenvalue weighted by Crippen LogP contribution is 2.33. The van der Waals surface area contributed by atoms with Gasteiger partial charge in [-0.1, -0.05) is 0 Å². The van der Waals surface area contributed by atoms with Crippen LogP contribution in [-0.4, -0.2) is 34.2 Å². The van der Waals surface area contributed by atoms with Crippen LogP contribution in [0.4, 0.5) is 0 Å². The number of hydrogen-bond donors (Lipinski definition) is 0. The molecule has 0 unspecified atom stereocenters. The van der Waals surface area contributed by atoms with Crippen molar-refractivity contribution in [2.24, 2.45) is 0 Å². The smallest absolute Gasteiger partial charge is 0.374 e. The molecule has 0 aromatic carbocycles. The molecular weight excluding hydrogens is 344 g/mol. The molecule has 0 amide bonds. The molecule has 0 N–H and O–H groups in total. The van der Waals surface area contributed by atoms with Crippen LogP contribution >= 0.6 is 0 Å². The first-order valence-corrected chi connectivity index (χ1v) is 15.5. The summed E-state index contributed by atoms with van der Waals surface area (Å²) in [7, 11) is -11.4. The Balaban J connectivity index is 3.51. The Morgan fingerprint density at radius 3 is 0.955 bits per heavy atom. The maximum atomic E-state index is 6.31. The van der Waals surface area contributed by atoms with Crippen LogP contribution in [0.15, 0.2) is 73.7 Å². The van der Waals surface area contributed by atoms with Crippen LogP contribution in [0.1, 0.15) is 0 Å². The van der Waals surface area contributed by atoms with E-state index in [-0.39, 0.29) is 0 Å². The zero-order chi connectivity index (χ0) is 17.1. The maximum Gasteiger partial charge on any atom is 0.374 e. The topological polar surface area (TPSA) is 36.9 Å². The van der Waals surface area contributed by atoms with Crippen LogP contribution in [0, 0.1) is 0 Å². The molecule has 0 spiro atoms. The molecule has 1 aliphatic rings. The second-order valence-corrected chi connectivity index (χ2v) is 18.0. The molecule has 0 aromatic rings. The Morgan fingerprint density at radius 2 is 0.727 bits per heavy atom. The molecule has 22 heavy (non-hydrogen) atoms. The first kappa shape index (κ1) is 19.2. The molecule has 120 valence electrons. The Kier molecular flexibility index (Phi) is 5.87. The minimum absolute atomic E-state index is 1.65. The van der Waals surface area contributed by atoms with Gasteiger partial charge in [-0.15, -0.1) is 39.5 Å². The van der Waals surface area contributed by atoms with Crippen LogP contribution in [0.3, 0.4) is 0 Å². The van der Waals surface area contributed by atoms with Gasteiger partial charge < -0.3 is 16.5 Å². The average molecular weight is 369 g/mol. The predicted molar refractivity (Wildman–Crippen MR) is 100 cm³/mol. The minimum Gasteiger partial charge on any atom is -0.410 e. The van der Waals surface area contributed by atoms with Gasteiger partial charge in [0.25, 0.3) is 0 Å². The van der Waals surface area contributed by atoms with Gasteiger partial charge in [0.05, 0.1) is 0 Å². The summed E-state index contributed by atoms with van der Waals surface area (Å²) in [4.78, 5) is 0. The highest BCUT2D eigenvalue weighted by molar-refractivity contribution is 7.01. The normalized spacial score (nSPS) is 24.8. The molecule has 4 nitrogen and oxygen atoms in total. The quantitative estimate of drug-likeness (QED) is 0.673. The third kappa shape index (κ3) is 3.72. The van der Waals surface area contributed by atoms with Crippen LogP contribution in [0.25, 0.3) is 0 Å². The lowest BCUT2D eigenvalue weighted by Crippen LogP contribution is -2.66. The summed E-state index contributed by atoms with van der Waals surface area (Å²) in [5.41, 5.74) is 9.99. The van der Waals surface area contributed by atoms with Crippen molar-refractivity contribution in [3.05, 3.63) is 73.7 Å². The van der Waals surface area contributed by atoms with E-state index in [1.54, 1.807) is 34.2 Å². The van der Waals surface area contributed by atoms with Gasteiger partial charge in [0.2, 0.25) is 0 Å². The Hall–Kier alpha value is -0.852. The maximum absolute atomic E-state index is 6.31. The lowest BCUT2D eigenvalue weighted by atomic mass is 11.2. The standard InChI is InChI=1S/C14H24O4Si4/c1-9-20(10-2)15-19(7,8)16-21(11-3,12-4)18-22(13-5,14-6)17-20/h9-14H,1-6H2,7-8H3. The summed E-state index contributed by atoms with van der Waals surface area (Å²) < 4.78 is 25.2. The molecule has 1 heterocycles. The van der Waals surface area contributed by atoms with Gasteiger partial charge in [0, 0.05) is 0 Å². The zero-order valence-corrected chi connectivity index (χ0v) is 17.3. The fraction of sp³-hybridized carbons (Fsp3) is 0.143. The zero-order valence-electron chi connectivity index (χ0n) is 13.3. The van der Waals surface area contributed by atoms with E-state index in [4.69, 9.17) is 16.5 Å². The SMILES string of the molecule is C=C[Si]1(C=C)O[Si](C)(C)O[Si](C=C)(C=C)O[Si](C=C)(C=C)O1. The molecule has 0 aromatic heterocycles. The van der Waals surface area contributed by atoms with Gasteiger partial charge in [-0.05, 0) is 47.3 Å². The molecule has 0 aliphatic carbocycles.